The van der Waals surface area contributed by atoms with E-state index in [1.807, 2.05) is 0 Å². The Balaban J connectivity index is 2.62. The van der Waals surface area contributed by atoms with Crippen LogP contribution in [0.15, 0.2) is 29.8 Å². The second-order valence-electron chi connectivity index (χ2n) is 3.20. The third-order valence-corrected chi connectivity index (χ3v) is 1.97. The van der Waals surface area contributed by atoms with E-state index in [2.05, 4.69) is 5.32 Å². The molecule has 16 heavy (non-hydrogen) atoms. The normalized spacial score (nSPS) is 11.3. The molecule has 0 bridgehead atoms. The van der Waals surface area contributed by atoms with Gasteiger partial charge in [-0.25, -0.2) is 13.6 Å². The smallest absolute Gasteiger partial charge is 0.331 e. The van der Waals surface area contributed by atoms with Crippen molar-refractivity contribution >= 4 is 11.7 Å². The van der Waals surface area contributed by atoms with Crippen LogP contribution in [0.5, 0.6) is 0 Å². The minimum absolute atomic E-state index is 0.135. The molecule has 0 spiro atoms. The highest BCUT2D eigenvalue weighted by atomic mass is 19.1. The molecule has 5 heteroatoms. The van der Waals surface area contributed by atoms with Gasteiger partial charge in [-0.05, 0) is 19.1 Å². The molecule has 0 saturated heterocycles. The number of hydrogen-bond donors (Lipinski definition) is 2. The second kappa shape index (κ2) is 5.25. The van der Waals surface area contributed by atoms with Gasteiger partial charge < -0.3 is 10.4 Å². The van der Waals surface area contributed by atoms with Gasteiger partial charge in [0.05, 0.1) is 5.69 Å². The summed E-state index contributed by atoms with van der Waals surface area (Å²) in [7, 11) is 0. The molecule has 0 aliphatic carbocycles. The van der Waals surface area contributed by atoms with Crippen molar-refractivity contribution in [1.29, 1.82) is 0 Å². The Hall–Kier alpha value is -1.91. The first kappa shape index (κ1) is 12.2. The molecule has 0 aliphatic rings. The zero-order valence-corrected chi connectivity index (χ0v) is 8.63. The summed E-state index contributed by atoms with van der Waals surface area (Å²) in [5, 5.41) is 11.2. The summed E-state index contributed by atoms with van der Waals surface area (Å²) in [5.41, 5.74) is 0.297. The van der Waals surface area contributed by atoms with Gasteiger partial charge in [0.1, 0.15) is 11.6 Å². The third kappa shape index (κ3) is 3.34. The third-order valence-electron chi connectivity index (χ3n) is 1.97. The molecule has 0 saturated carbocycles. The lowest BCUT2D eigenvalue weighted by Crippen LogP contribution is -2.04. The van der Waals surface area contributed by atoms with Crippen molar-refractivity contribution in [2.45, 2.75) is 6.92 Å². The maximum absolute atomic E-state index is 13.1. The Kier molecular flexibility index (Phi) is 3.99. The van der Waals surface area contributed by atoms with Gasteiger partial charge in [-0.15, -0.1) is 0 Å². The number of aliphatic carboxylic acids is 1. The SMILES string of the molecule is C/C(=C/CNc1ccc(F)cc1F)C(=O)O. The van der Waals surface area contributed by atoms with Gasteiger partial charge in [-0.1, -0.05) is 6.08 Å². The summed E-state index contributed by atoms with van der Waals surface area (Å²) in [6.45, 7) is 1.60. The topological polar surface area (TPSA) is 49.3 Å². The van der Waals surface area contributed by atoms with Crippen molar-refractivity contribution in [3.63, 3.8) is 0 Å². The van der Waals surface area contributed by atoms with E-state index in [1.165, 1.54) is 19.1 Å². The van der Waals surface area contributed by atoms with E-state index in [4.69, 9.17) is 5.11 Å². The maximum Gasteiger partial charge on any atom is 0.331 e. The first-order valence-electron chi connectivity index (χ1n) is 4.59. The molecule has 0 heterocycles. The average Bonchev–Trinajstić information content (AvgIpc) is 2.20. The second-order valence-corrected chi connectivity index (χ2v) is 3.20. The number of hydrogen-bond acceptors (Lipinski definition) is 2. The predicted molar refractivity (Wildman–Crippen MR) is 56.2 cm³/mol. The lowest BCUT2D eigenvalue weighted by atomic mass is 10.2. The van der Waals surface area contributed by atoms with Gasteiger partial charge in [0.15, 0.2) is 0 Å². The predicted octanol–water partition coefficient (Wildman–Crippen LogP) is 2.41. The fraction of sp³-hybridized carbons (Fsp3) is 0.182. The molecule has 1 rings (SSSR count). The van der Waals surface area contributed by atoms with Crippen LogP contribution < -0.4 is 5.32 Å². The van der Waals surface area contributed by atoms with E-state index in [9.17, 15) is 13.6 Å². The standard InChI is InChI=1S/C11H11F2NO2/c1-7(11(15)16)4-5-14-10-3-2-8(12)6-9(10)13/h2-4,6,14H,5H2,1H3,(H,15,16)/b7-4-. The summed E-state index contributed by atoms with van der Waals surface area (Å²) < 4.78 is 25.6. The Bertz CT molecular complexity index is 430. The molecule has 1 aromatic carbocycles. The molecule has 0 radical (unpaired) electrons. The largest absolute Gasteiger partial charge is 0.478 e. The average molecular weight is 227 g/mol. The van der Waals surface area contributed by atoms with Gasteiger partial charge >= 0.3 is 5.97 Å². The van der Waals surface area contributed by atoms with Gasteiger partial charge in [0, 0.05) is 18.2 Å². The zero-order valence-electron chi connectivity index (χ0n) is 8.63. The number of carboxylic acids is 1. The van der Waals surface area contributed by atoms with Crippen LogP contribution in [-0.4, -0.2) is 17.6 Å². The van der Waals surface area contributed by atoms with Crippen LogP contribution in [-0.2, 0) is 4.79 Å². The first-order chi connectivity index (χ1) is 7.50. The number of carboxylic acid groups (broad SMARTS) is 1. The van der Waals surface area contributed by atoms with E-state index in [0.29, 0.717) is 0 Å². The van der Waals surface area contributed by atoms with Crippen LogP contribution >= 0.6 is 0 Å². The molecule has 2 N–H and O–H groups in total. The monoisotopic (exact) mass is 227 g/mol. The van der Waals surface area contributed by atoms with Crippen LogP contribution in [0.4, 0.5) is 14.5 Å². The highest BCUT2D eigenvalue weighted by Crippen LogP contribution is 2.14. The van der Waals surface area contributed by atoms with Gasteiger partial charge in [0.25, 0.3) is 0 Å². The number of rotatable bonds is 4. The fourth-order valence-electron chi connectivity index (χ4n) is 1.03. The summed E-state index contributed by atoms with van der Waals surface area (Å²) in [4.78, 5) is 10.4. The number of anilines is 1. The van der Waals surface area contributed by atoms with Crippen molar-refractivity contribution in [3.8, 4) is 0 Å². The molecule has 0 aromatic heterocycles. The van der Waals surface area contributed by atoms with Crippen molar-refractivity contribution in [2.75, 3.05) is 11.9 Å². The quantitative estimate of drug-likeness (QED) is 0.776. The van der Waals surface area contributed by atoms with Crippen LogP contribution in [0.2, 0.25) is 0 Å². The Morgan fingerprint density at radius 3 is 2.75 bits per heavy atom. The Morgan fingerprint density at radius 2 is 2.19 bits per heavy atom. The van der Waals surface area contributed by atoms with E-state index >= 15 is 0 Å². The van der Waals surface area contributed by atoms with E-state index in [0.717, 1.165) is 12.1 Å². The van der Waals surface area contributed by atoms with Crippen molar-refractivity contribution in [3.05, 3.63) is 41.5 Å². The number of halogens is 2. The molecule has 1 aromatic rings. The Labute approximate surface area is 91.4 Å². The summed E-state index contributed by atoms with van der Waals surface area (Å²) in [6, 6.07) is 3.14. The molecular formula is C11H11F2NO2. The molecule has 0 atom stereocenters. The lowest BCUT2D eigenvalue weighted by molar-refractivity contribution is -0.132. The van der Waals surface area contributed by atoms with E-state index in [-0.39, 0.29) is 17.8 Å². The maximum atomic E-state index is 13.1. The Morgan fingerprint density at radius 1 is 1.50 bits per heavy atom. The highest BCUT2D eigenvalue weighted by molar-refractivity contribution is 5.85. The van der Waals surface area contributed by atoms with Crippen molar-refractivity contribution in [1.82, 2.24) is 0 Å². The molecule has 0 aliphatic heterocycles. The van der Waals surface area contributed by atoms with Crippen LogP contribution in [0.3, 0.4) is 0 Å². The number of nitrogens with one attached hydrogen (secondary N) is 1. The molecular weight excluding hydrogens is 216 g/mol. The lowest BCUT2D eigenvalue weighted by Gasteiger charge is -2.04. The summed E-state index contributed by atoms with van der Waals surface area (Å²) >= 11 is 0. The molecule has 0 unspecified atom stereocenters. The molecule has 86 valence electrons. The molecule has 3 nitrogen and oxygen atoms in total. The van der Waals surface area contributed by atoms with E-state index < -0.39 is 17.6 Å². The first-order valence-corrected chi connectivity index (χ1v) is 4.59. The fourth-order valence-corrected chi connectivity index (χ4v) is 1.03. The van der Waals surface area contributed by atoms with Crippen LogP contribution in [0.25, 0.3) is 0 Å². The van der Waals surface area contributed by atoms with Gasteiger partial charge in [-0.2, -0.15) is 0 Å². The molecule has 0 fully saturated rings. The van der Waals surface area contributed by atoms with Crippen LogP contribution in [0, 0.1) is 11.6 Å². The minimum atomic E-state index is -1.03. The summed E-state index contributed by atoms with van der Waals surface area (Å²) in [5.74, 6) is -2.39. The number of carbonyl (C=O) groups is 1. The summed E-state index contributed by atoms with van der Waals surface area (Å²) in [6.07, 6.45) is 1.41. The van der Waals surface area contributed by atoms with Crippen molar-refractivity contribution < 1.29 is 18.7 Å². The van der Waals surface area contributed by atoms with Gasteiger partial charge in [-0.3, -0.25) is 0 Å². The highest BCUT2D eigenvalue weighted by Gasteiger charge is 2.02. The minimum Gasteiger partial charge on any atom is -0.478 e. The van der Waals surface area contributed by atoms with Crippen LogP contribution in [0.1, 0.15) is 6.92 Å². The zero-order chi connectivity index (χ0) is 12.1. The van der Waals surface area contributed by atoms with Gasteiger partial charge in [0.2, 0.25) is 0 Å². The van der Waals surface area contributed by atoms with E-state index in [1.54, 1.807) is 0 Å². The number of benzene rings is 1. The van der Waals surface area contributed by atoms with Crippen molar-refractivity contribution in [2.24, 2.45) is 0 Å². The molecule has 0 amide bonds.